The number of rotatable bonds is 8. The fourth-order valence-electron chi connectivity index (χ4n) is 2.15. The fraction of sp³-hybridized carbons (Fsp3) is 0.625. The summed E-state index contributed by atoms with van der Waals surface area (Å²) < 4.78 is 0. The van der Waals surface area contributed by atoms with Crippen LogP contribution in [0.3, 0.4) is 0 Å². The smallest absolute Gasteiger partial charge is 0.0346 e. The van der Waals surface area contributed by atoms with Crippen LogP contribution in [0.1, 0.15) is 50.7 Å². The molecule has 0 saturated heterocycles. The summed E-state index contributed by atoms with van der Waals surface area (Å²) in [5, 5.41) is 0. The number of anilines is 1. The van der Waals surface area contributed by atoms with Gasteiger partial charge in [-0.25, -0.2) is 0 Å². The van der Waals surface area contributed by atoms with E-state index in [9.17, 15) is 0 Å². The molecule has 0 amide bonds. The second kappa shape index (κ2) is 8.15. The van der Waals surface area contributed by atoms with Crippen molar-refractivity contribution in [1.29, 1.82) is 0 Å². The molecular weight excluding hydrogens is 220 g/mol. The van der Waals surface area contributed by atoms with E-state index >= 15 is 0 Å². The molecule has 0 aliphatic heterocycles. The quantitative estimate of drug-likeness (QED) is 0.705. The minimum Gasteiger partial charge on any atom is -0.399 e. The van der Waals surface area contributed by atoms with Crippen molar-refractivity contribution in [2.45, 2.75) is 53.0 Å². The number of nitrogens with two attached hydrogens (primary N) is 1. The number of unbranched alkanes of at least 4 members (excludes halogenated alkanes) is 2. The third-order valence-corrected chi connectivity index (χ3v) is 3.54. The van der Waals surface area contributed by atoms with Gasteiger partial charge in [0.15, 0.2) is 0 Å². The Bertz CT molecular complexity index is 339. The van der Waals surface area contributed by atoms with E-state index in [0.29, 0.717) is 0 Å². The van der Waals surface area contributed by atoms with Crippen molar-refractivity contribution >= 4 is 5.69 Å². The van der Waals surface area contributed by atoms with Gasteiger partial charge in [0.05, 0.1) is 0 Å². The van der Waals surface area contributed by atoms with Crippen LogP contribution in [-0.2, 0) is 6.54 Å². The van der Waals surface area contributed by atoms with Gasteiger partial charge in [-0.1, -0.05) is 38.8 Å². The Kier molecular flexibility index (Phi) is 6.81. The number of nitrogen functional groups attached to an aromatic ring is 1. The predicted molar refractivity (Wildman–Crippen MR) is 80.7 cm³/mol. The lowest BCUT2D eigenvalue weighted by molar-refractivity contribution is 0.256. The summed E-state index contributed by atoms with van der Waals surface area (Å²) in [7, 11) is 0. The first-order chi connectivity index (χ1) is 8.69. The van der Waals surface area contributed by atoms with E-state index in [0.717, 1.165) is 12.2 Å². The van der Waals surface area contributed by atoms with Crippen LogP contribution in [0.15, 0.2) is 18.2 Å². The summed E-state index contributed by atoms with van der Waals surface area (Å²) in [5.41, 5.74) is 9.52. The Hall–Kier alpha value is -1.02. The normalized spacial score (nSPS) is 11.1. The zero-order valence-electron chi connectivity index (χ0n) is 12.2. The van der Waals surface area contributed by atoms with E-state index in [2.05, 4.69) is 37.8 Å². The predicted octanol–water partition coefficient (Wildman–Crippen LogP) is 3.98. The van der Waals surface area contributed by atoms with Crippen LogP contribution in [0.25, 0.3) is 0 Å². The van der Waals surface area contributed by atoms with Gasteiger partial charge in [0.1, 0.15) is 0 Å². The minimum atomic E-state index is 0.915. The molecule has 0 heterocycles. The molecule has 0 bridgehead atoms. The van der Waals surface area contributed by atoms with Crippen LogP contribution >= 0.6 is 0 Å². The Labute approximate surface area is 112 Å². The van der Waals surface area contributed by atoms with E-state index in [-0.39, 0.29) is 0 Å². The van der Waals surface area contributed by atoms with Gasteiger partial charge < -0.3 is 5.73 Å². The van der Waals surface area contributed by atoms with Gasteiger partial charge in [-0.15, -0.1) is 0 Å². The molecule has 1 aromatic rings. The second-order valence-electron chi connectivity index (χ2n) is 5.11. The van der Waals surface area contributed by atoms with Gasteiger partial charge in [0, 0.05) is 12.2 Å². The minimum absolute atomic E-state index is 0.915. The number of benzene rings is 1. The monoisotopic (exact) mass is 248 g/mol. The zero-order chi connectivity index (χ0) is 13.4. The molecular formula is C16H28N2. The Balaban J connectivity index is 2.65. The van der Waals surface area contributed by atoms with E-state index in [1.165, 1.54) is 49.9 Å². The molecule has 18 heavy (non-hydrogen) atoms. The average Bonchev–Trinajstić information content (AvgIpc) is 2.38. The van der Waals surface area contributed by atoms with Crippen molar-refractivity contribution in [1.82, 2.24) is 4.90 Å². The summed E-state index contributed by atoms with van der Waals surface area (Å²) in [6.07, 6.45) is 5.09. The van der Waals surface area contributed by atoms with Crippen LogP contribution in [0.2, 0.25) is 0 Å². The van der Waals surface area contributed by atoms with Gasteiger partial charge in [-0.3, -0.25) is 4.90 Å². The molecule has 0 unspecified atom stereocenters. The Morgan fingerprint density at radius 3 is 2.22 bits per heavy atom. The molecule has 102 valence electrons. The van der Waals surface area contributed by atoms with E-state index in [1.54, 1.807) is 0 Å². The maximum Gasteiger partial charge on any atom is 0.0346 e. The van der Waals surface area contributed by atoms with Gasteiger partial charge >= 0.3 is 0 Å². The van der Waals surface area contributed by atoms with Crippen molar-refractivity contribution in [2.75, 3.05) is 18.8 Å². The Morgan fingerprint density at radius 1 is 1.06 bits per heavy atom. The lowest BCUT2D eigenvalue weighted by Gasteiger charge is -2.23. The SMILES string of the molecule is CCCCN(CCCC)Cc1cccc(N)c1C. The fourth-order valence-corrected chi connectivity index (χ4v) is 2.15. The molecule has 2 heteroatoms. The lowest BCUT2D eigenvalue weighted by atomic mass is 10.1. The molecule has 1 aromatic carbocycles. The second-order valence-corrected chi connectivity index (χ2v) is 5.11. The third-order valence-electron chi connectivity index (χ3n) is 3.54. The van der Waals surface area contributed by atoms with Gasteiger partial charge in [-0.05, 0) is 50.0 Å². The van der Waals surface area contributed by atoms with Crippen LogP contribution in [0.4, 0.5) is 5.69 Å². The highest BCUT2D eigenvalue weighted by molar-refractivity contribution is 5.49. The van der Waals surface area contributed by atoms with E-state index < -0.39 is 0 Å². The third kappa shape index (κ3) is 4.69. The standard InChI is InChI=1S/C16H28N2/c1-4-6-11-18(12-7-5-2)13-15-9-8-10-16(17)14(15)3/h8-10H,4-7,11-13,17H2,1-3H3. The van der Waals surface area contributed by atoms with Crippen LogP contribution in [0.5, 0.6) is 0 Å². The molecule has 0 saturated carbocycles. The first kappa shape index (κ1) is 15.0. The molecule has 1 rings (SSSR count). The highest BCUT2D eigenvalue weighted by Crippen LogP contribution is 2.17. The molecule has 0 fully saturated rings. The van der Waals surface area contributed by atoms with Gasteiger partial charge in [0.25, 0.3) is 0 Å². The van der Waals surface area contributed by atoms with Crippen molar-refractivity contribution in [3.63, 3.8) is 0 Å². The van der Waals surface area contributed by atoms with Crippen molar-refractivity contribution in [2.24, 2.45) is 0 Å². The summed E-state index contributed by atoms with van der Waals surface area (Å²) >= 11 is 0. The molecule has 0 aromatic heterocycles. The maximum atomic E-state index is 5.98. The van der Waals surface area contributed by atoms with Gasteiger partial charge in [0.2, 0.25) is 0 Å². The van der Waals surface area contributed by atoms with E-state index in [4.69, 9.17) is 5.73 Å². The molecule has 0 atom stereocenters. The summed E-state index contributed by atoms with van der Waals surface area (Å²) in [6.45, 7) is 10.1. The topological polar surface area (TPSA) is 29.3 Å². The average molecular weight is 248 g/mol. The molecule has 0 aliphatic rings. The zero-order valence-corrected chi connectivity index (χ0v) is 12.2. The van der Waals surface area contributed by atoms with Crippen molar-refractivity contribution in [3.8, 4) is 0 Å². The van der Waals surface area contributed by atoms with Crippen molar-refractivity contribution in [3.05, 3.63) is 29.3 Å². The summed E-state index contributed by atoms with van der Waals surface area (Å²) in [4.78, 5) is 2.56. The highest BCUT2D eigenvalue weighted by Gasteiger charge is 2.08. The molecule has 0 spiro atoms. The largest absolute Gasteiger partial charge is 0.399 e. The first-order valence-electron chi connectivity index (χ1n) is 7.25. The molecule has 2 nitrogen and oxygen atoms in total. The van der Waals surface area contributed by atoms with E-state index in [1.807, 2.05) is 6.07 Å². The highest BCUT2D eigenvalue weighted by atomic mass is 15.1. The van der Waals surface area contributed by atoms with Gasteiger partial charge in [-0.2, -0.15) is 0 Å². The molecule has 0 radical (unpaired) electrons. The summed E-state index contributed by atoms with van der Waals surface area (Å²) in [5.74, 6) is 0. The van der Waals surface area contributed by atoms with Crippen LogP contribution in [0, 0.1) is 6.92 Å². The number of hydrogen-bond acceptors (Lipinski definition) is 2. The summed E-state index contributed by atoms with van der Waals surface area (Å²) in [6, 6.07) is 6.26. The van der Waals surface area contributed by atoms with Crippen LogP contribution < -0.4 is 5.73 Å². The molecule has 2 N–H and O–H groups in total. The van der Waals surface area contributed by atoms with Crippen LogP contribution in [-0.4, -0.2) is 18.0 Å². The molecule has 0 aliphatic carbocycles. The number of nitrogens with zero attached hydrogens (tertiary/aromatic N) is 1. The lowest BCUT2D eigenvalue weighted by Crippen LogP contribution is -2.26. The number of hydrogen-bond donors (Lipinski definition) is 1. The first-order valence-corrected chi connectivity index (χ1v) is 7.25. The maximum absolute atomic E-state index is 5.98. The van der Waals surface area contributed by atoms with Crippen molar-refractivity contribution < 1.29 is 0 Å². The Morgan fingerprint density at radius 2 is 1.67 bits per heavy atom.